The van der Waals surface area contributed by atoms with Gasteiger partial charge in [0.05, 0.1) is 13.2 Å². The summed E-state index contributed by atoms with van der Waals surface area (Å²) in [7, 11) is -2.95. The van der Waals surface area contributed by atoms with Gasteiger partial charge in [-0.2, -0.15) is 0 Å². The Hall–Kier alpha value is -0.300. The molecule has 22 heavy (non-hydrogen) atoms. The second kappa shape index (κ2) is 9.11. The van der Waals surface area contributed by atoms with Crippen LogP contribution < -0.4 is 0 Å². The molecule has 8 atom stereocenters. The second-order valence-corrected chi connectivity index (χ2v) is 5.43. The molecule has 0 aromatic rings. The highest BCUT2D eigenvalue weighted by molar-refractivity contribution is 7.32. The molecule has 0 bridgehead atoms. The number of hydrogen-bond acceptors (Lipinski definition) is 10. The summed E-state index contributed by atoms with van der Waals surface area (Å²) in [5, 5.41) is 56.5. The van der Waals surface area contributed by atoms with Gasteiger partial charge >= 0.3 is 8.25 Å². The molecule has 1 heterocycles. The number of aliphatic hydroxyl groups excluding tert-OH is 6. The standard InChI is InChI=1S/C10H19O11P/c11-1-6-8(15)9(16)10(21-6)19-2-4(12)7(14)5(13)3-20-22(17)18/h4-16H,1-3H2/p+1/t4?,5?,6-,7?,8?,9+,10-/m1/s1. The van der Waals surface area contributed by atoms with E-state index in [1.54, 1.807) is 0 Å². The van der Waals surface area contributed by atoms with E-state index in [9.17, 15) is 30.1 Å². The van der Waals surface area contributed by atoms with Crippen LogP contribution in [-0.2, 0) is 18.6 Å². The molecule has 1 rings (SSSR count). The molecule has 1 aliphatic rings. The van der Waals surface area contributed by atoms with Gasteiger partial charge in [-0.3, -0.25) is 0 Å². The van der Waals surface area contributed by atoms with Gasteiger partial charge in [-0.1, -0.05) is 0 Å². The predicted molar refractivity (Wildman–Crippen MR) is 67.5 cm³/mol. The van der Waals surface area contributed by atoms with Crippen LogP contribution in [0, 0.1) is 0 Å². The SMILES string of the molecule is O=[P+](O)OCC(O)C(O)C(O)CO[C@@H]1O[C@H](CO)C(O)[C@@H]1O. The van der Waals surface area contributed by atoms with Crippen LogP contribution in [0.3, 0.4) is 0 Å². The van der Waals surface area contributed by atoms with Crippen LogP contribution in [0.5, 0.6) is 0 Å². The molecule has 1 aliphatic heterocycles. The third-order valence-electron chi connectivity index (χ3n) is 3.07. The summed E-state index contributed by atoms with van der Waals surface area (Å²) in [5.74, 6) is 0. The van der Waals surface area contributed by atoms with E-state index in [-0.39, 0.29) is 0 Å². The number of ether oxygens (including phenoxy) is 2. The van der Waals surface area contributed by atoms with Gasteiger partial charge in [0.25, 0.3) is 0 Å². The normalized spacial score (nSPS) is 33.5. The third-order valence-corrected chi connectivity index (χ3v) is 3.44. The second-order valence-electron chi connectivity index (χ2n) is 4.70. The minimum absolute atomic E-state index is 0.543. The van der Waals surface area contributed by atoms with Crippen LogP contribution in [0.2, 0.25) is 0 Å². The molecule has 0 aromatic carbocycles. The largest absolute Gasteiger partial charge is 0.694 e. The van der Waals surface area contributed by atoms with Gasteiger partial charge in [0.1, 0.15) is 43.2 Å². The van der Waals surface area contributed by atoms with E-state index in [1.165, 1.54) is 0 Å². The van der Waals surface area contributed by atoms with Crippen molar-refractivity contribution in [3.63, 3.8) is 0 Å². The lowest BCUT2D eigenvalue weighted by atomic mass is 10.1. The summed E-state index contributed by atoms with van der Waals surface area (Å²) in [6, 6.07) is 0. The average molecular weight is 347 g/mol. The van der Waals surface area contributed by atoms with E-state index in [1.807, 2.05) is 0 Å². The van der Waals surface area contributed by atoms with Crippen molar-refractivity contribution in [3.05, 3.63) is 0 Å². The molecule has 0 amide bonds. The van der Waals surface area contributed by atoms with Crippen LogP contribution >= 0.6 is 8.25 Å². The first-order valence-electron chi connectivity index (χ1n) is 6.35. The van der Waals surface area contributed by atoms with E-state index in [4.69, 9.17) is 19.5 Å². The van der Waals surface area contributed by atoms with Gasteiger partial charge in [0.15, 0.2) is 6.29 Å². The van der Waals surface area contributed by atoms with Crippen LogP contribution in [0.4, 0.5) is 0 Å². The Morgan fingerprint density at radius 1 is 1.09 bits per heavy atom. The first-order valence-corrected chi connectivity index (χ1v) is 7.48. The Morgan fingerprint density at radius 3 is 2.18 bits per heavy atom. The molecule has 1 fully saturated rings. The van der Waals surface area contributed by atoms with Crippen LogP contribution in [0.1, 0.15) is 0 Å². The molecule has 0 aromatic heterocycles. The lowest BCUT2D eigenvalue weighted by molar-refractivity contribution is -0.193. The summed E-state index contributed by atoms with van der Waals surface area (Å²) in [6.07, 6.45) is -10.2. The molecule has 0 aliphatic carbocycles. The van der Waals surface area contributed by atoms with Gasteiger partial charge in [-0.25, -0.2) is 0 Å². The smallest absolute Gasteiger partial charge is 0.394 e. The highest BCUT2D eigenvalue weighted by Crippen LogP contribution is 2.22. The summed E-state index contributed by atoms with van der Waals surface area (Å²) in [6.45, 7) is -1.80. The molecule has 0 saturated carbocycles. The van der Waals surface area contributed by atoms with Crippen molar-refractivity contribution in [2.24, 2.45) is 0 Å². The first kappa shape index (κ1) is 19.7. The number of hydrogen-bond donors (Lipinski definition) is 7. The van der Waals surface area contributed by atoms with Crippen molar-refractivity contribution in [2.75, 3.05) is 19.8 Å². The van der Waals surface area contributed by atoms with Crippen molar-refractivity contribution in [1.29, 1.82) is 0 Å². The zero-order valence-electron chi connectivity index (χ0n) is 11.4. The van der Waals surface area contributed by atoms with Crippen LogP contribution in [0.25, 0.3) is 0 Å². The fraction of sp³-hybridized carbons (Fsp3) is 1.00. The molecule has 1 saturated heterocycles. The maximum atomic E-state index is 10.3. The minimum atomic E-state index is -2.95. The van der Waals surface area contributed by atoms with Gasteiger partial charge < -0.3 is 40.1 Å². The topological polar surface area (TPSA) is 186 Å². The maximum absolute atomic E-state index is 10.3. The van der Waals surface area contributed by atoms with E-state index < -0.39 is 71.0 Å². The maximum Gasteiger partial charge on any atom is 0.694 e. The zero-order chi connectivity index (χ0) is 16.9. The van der Waals surface area contributed by atoms with Crippen molar-refractivity contribution in [2.45, 2.75) is 42.9 Å². The van der Waals surface area contributed by atoms with Crippen molar-refractivity contribution in [1.82, 2.24) is 0 Å². The van der Waals surface area contributed by atoms with Crippen LogP contribution in [-0.4, -0.2) is 98.3 Å². The van der Waals surface area contributed by atoms with Gasteiger partial charge in [0.2, 0.25) is 0 Å². The fourth-order valence-electron chi connectivity index (χ4n) is 1.79. The molecule has 0 radical (unpaired) electrons. The molecular formula is C10H20O11P+. The third kappa shape index (κ3) is 5.41. The molecular weight excluding hydrogens is 327 g/mol. The van der Waals surface area contributed by atoms with E-state index >= 15 is 0 Å². The predicted octanol–water partition coefficient (Wildman–Crippen LogP) is -3.81. The van der Waals surface area contributed by atoms with Gasteiger partial charge in [-0.05, 0) is 0 Å². The molecule has 11 nitrogen and oxygen atoms in total. The highest BCUT2D eigenvalue weighted by Gasteiger charge is 2.43. The zero-order valence-corrected chi connectivity index (χ0v) is 12.3. The minimum Gasteiger partial charge on any atom is -0.394 e. The molecule has 5 unspecified atom stereocenters. The summed E-state index contributed by atoms with van der Waals surface area (Å²) >= 11 is 0. The summed E-state index contributed by atoms with van der Waals surface area (Å²) in [5.41, 5.74) is 0. The quantitative estimate of drug-likeness (QED) is 0.203. The molecule has 0 spiro atoms. The van der Waals surface area contributed by atoms with Crippen molar-refractivity contribution in [3.8, 4) is 0 Å². The number of rotatable bonds is 9. The summed E-state index contributed by atoms with van der Waals surface area (Å²) in [4.78, 5) is 8.39. The Labute approximate surface area is 126 Å². The van der Waals surface area contributed by atoms with E-state index in [2.05, 4.69) is 4.52 Å². The Morgan fingerprint density at radius 2 is 1.68 bits per heavy atom. The van der Waals surface area contributed by atoms with E-state index in [0.717, 1.165) is 0 Å². The van der Waals surface area contributed by atoms with Crippen molar-refractivity contribution >= 4 is 8.25 Å². The van der Waals surface area contributed by atoms with Crippen molar-refractivity contribution < 1.29 is 54.1 Å². The van der Waals surface area contributed by atoms with Crippen LogP contribution in [0.15, 0.2) is 0 Å². The lowest BCUT2D eigenvalue weighted by Crippen LogP contribution is -2.43. The van der Waals surface area contributed by atoms with Gasteiger partial charge in [0, 0.05) is 4.57 Å². The Kier molecular flexibility index (Phi) is 8.17. The van der Waals surface area contributed by atoms with E-state index in [0.29, 0.717) is 0 Å². The Balaban J connectivity index is 2.38. The fourth-order valence-corrected chi connectivity index (χ4v) is 2.07. The highest BCUT2D eigenvalue weighted by atomic mass is 31.1. The monoisotopic (exact) mass is 347 g/mol. The molecule has 7 N–H and O–H groups in total. The lowest BCUT2D eigenvalue weighted by Gasteiger charge is -2.23. The number of aliphatic hydroxyl groups is 6. The average Bonchev–Trinajstić information content (AvgIpc) is 2.76. The Bertz CT molecular complexity index is 356. The molecule has 130 valence electrons. The van der Waals surface area contributed by atoms with Gasteiger partial charge in [-0.15, -0.1) is 9.42 Å². The first-order chi connectivity index (χ1) is 10.3. The summed E-state index contributed by atoms with van der Waals surface area (Å²) < 4.78 is 24.4. The molecule has 12 heteroatoms.